The van der Waals surface area contributed by atoms with Gasteiger partial charge in [0, 0.05) is 24.1 Å². The van der Waals surface area contributed by atoms with Crippen LogP contribution in [0.1, 0.15) is 17.0 Å². The Hall–Kier alpha value is -3.72. The van der Waals surface area contributed by atoms with Gasteiger partial charge in [-0.3, -0.25) is 9.29 Å². The van der Waals surface area contributed by atoms with E-state index in [4.69, 9.17) is 4.74 Å². The lowest BCUT2D eigenvalue weighted by molar-refractivity contribution is 0.459. The number of hydrogen-bond donors (Lipinski definition) is 1. The fourth-order valence-electron chi connectivity index (χ4n) is 2.91. The zero-order valence-corrected chi connectivity index (χ0v) is 18.1. The average Bonchev–Trinajstić information content (AvgIpc) is 3.26. The molecule has 0 bridgehead atoms. The van der Waals surface area contributed by atoms with Gasteiger partial charge in [0.1, 0.15) is 23.7 Å². The largest absolute Gasteiger partial charge is 0.439 e. The first kappa shape index (κ1) is 20.5. The molecule has 0 amide bonds. The molecule has 2 aromatic carbocycles. The van der Waals surface area contributed by atoms with Gasteiger partial charge in [0.25, 0.3) is 10.0 Å². The quantitative estimate of drug-likeness (QED) is 0.488. The highest BCUT2D eigenvalue weighted by atomic mass is 32.2. The van der Waals surface area contributed by atoms with Crippen LogP contribution in [0.25, 0.3) is 5.82 Å². The first-order valence-corrected chi connectivity index (χ1v) is 11.0. The Morgan fingerprint density at radius 2 is 1.71 bits per heavy atom. The number of anilines is 1. The molecule has 158 valence electrons. The molecule has 4 aromatic rings. The van der Waals surface area contributed by atoms with Gasteiger partial charge in [-0.05, 0) is 68.3 Å². The molecule has 0 atom stereocenters. The van der Waals surface area contributed by atoms with Crippen molar-refractivity contribution in [3.05, 3.63) is 84.2 Å². The molecule has 1 N–H and O–H groups in total. The lowest BCUT2D eigenvalue weighted by Gasteiger charge is -2.11. The second kappa shape index (κ2) is 8.19. The van der Waals surface area contributed by atoms with Crippen molar-refractivity contribution < 1.29 is 13.2 Å². The summed E-state index contributed by atoms with van der Waals surface area (Å²) in [6.07, 6.45) is 5.08. The van der Waals surface area contributed by atoms with E-state index >= 15 is 0 Å². The molecule has 2 aromatic heterocycles. The van der Waals surface area contributed by atoms with Crippen molar-refractivity contribution in [1.82, 2.24) is 19.5 Å². The molecular weight excluding hydrogens is 414 g/mol. The topological polar surface area (TPSA) is 99.0 Å². The summed E-state index contributed by atoms with van der Waals surface area (Å²) in [6, 6.07) is 13.4. The van der Waals surface area contributed by atoms with Gasteiger partial charge in [-0.15, -0.1) is 0 Å². The predicted molar refractivity (Wildman–Crippen MR) is 117 cm³/mol. The van der Waals surface area contributed by atoms with Gasteiger partial charge in [0.05, 0.1) is 4.90 Å². The molecule has 8 nitrogen and oxygen atoms in total. The standard InChI is InChI=1S/C22H21N5O3S/c1-15-4-9-20(12-16(15)2)31(28,29)26-18-5-7-19(8-6-18)30-22-13-21(24-17(3)25-22)27-11-10-23-14-27/h4-14,26H,1-3H3. The van der Waals surface area contributed by atoms with Crippen LogP contribution in [0.15, 0.2) is 72.1 Å². The Balaban J connectivity index is 1.50. The number of ether oxygens (including phenoxy) is 1. The van der Waals surface area contributed by atoms with Crippen LogP contribution in [-0.2, 0) is 10.0 Å². The fourth-order valence-corrected chi connectivity index (χ4v) is 4.05. The van der Waals surface area contributed by atoms with Gasteiger partial charge in [0.2, 0.25) is 5.88 Å². The Labute approximate surface area is 180 Å². The van der Waals surface area contributed by atoms with Crippen LogP contribution in [-0.4, -0.2) is 27.9 Å². The number of rotatable bonds is 6. The summed E-state index contributed by atoms with van der Waals surface area (Å²) in [4.78, 5) is 12.9. The average molecular weight is 436 g/mol. The van der Waals surface area contributed by atoms with Gasteiger partial charge in [-0.25, -0.2) is 18.4 Å². The van der Waals surface area contributed by atoms with Crippen LogP contribution in [0, 0.1) is 20.8 Å². The van der Waals surface area contributed by atoms with Crippen LogP contribution in [0.3, 0.4) is 0 Å². The van der Waals surface area contributed by atoms with Crippen LogP contribution < -0.4 is 9.46 Å². The third-order valence-corrected chi connectivity index (χ3v) is 6.07. The molecule has 0 radical (unpaired) electrons. The molecule has 4 rings (SSSR count). The highest BCUT2D eigenvalue weighted by Gasteiger charge is 2.15. The SMILES string of the molecule is Cc1nc(Oc2ccc(NS(=O)(=O)c3ccc(C)c(C)c3)cc2)cc(-n2ccnc2)n1. The van der Waals surface area contributed by atoms with E-state index in [0.717, 1.165) is 11.1 Å². The zero-order chi connectivity index (χ0) is 22.0. The van der Waals surface area contributed by atoms with E-state index in [1.807, 2.05) is 13.8 Å². The fraction of sp³-hybridized carbons (Fsp3) is 0.136. The van der Waals surface area contributed by atoms with Crippen LogP contribution in [0.2, 0.25) is 0 Å². The lowest BCUT2D eigenvalue weighted by Crippen LogP contribution is -2.13. The van der Waals surface area contributed by atoms with Crippen molar-refractivity contribution in [2.45, 2.75) is 25.7 Å². The zero-order valence-electron chi connectivity index (χ0n) is 17.3. The summed E-state index contributed by atoms with van der Waals surface area (Å²) in [6.45, 7) is 5.60. The van der Waals surface area contributed by atoms with Crippen LogP contribution in [0.4, 0.5) is 5.69 Å². The van der Waals surface area contributed by atoms with Gasteiger partial charge >= 0.3 is 0 Å². The third kappa shape index (κ3) is 4.72. The third-order valence-electron chi connectivity index (χ3n) is 4.69. The number of hydrogen-bond acceptors (Lipinski definition) is 6. The number of nitrogens with one attached hydrogen (secondary N) is 1. The minimum atomic E-state index is -3.68. The molecular formula is C22H21N5O3S. The van der Waals surface area contributed by atoms with E-state index in [0.29, 0.717) is 29.0 Å². The molecule has 0 aliphatic carbocycles. The predicted octanol–water partition coefficient (Wildman–Crippen LogP) is 4.18. The molecule has 31 heavy (non-hydrogen) atoms. The van der Waals surface area contributed by atoms with E-state index in [-0.39, 0.29) is 4.90 Å². The van der Waals surface area contributed by atoms with E-state index < -0.39 is 10.0 Å². The van der Waals surface area contributed by atoms with E-state index in [2.05, 4.69) is 19.7 Å². The molecule has 0 aliphatic rings. The van der Waals surface area contributed by atoms with Crippen molar-refractivity contribution >= 4 is 15.7 Å². The normalized spacial score (nSPS) is 11.3. The summed E-state index contributed by atoms with van der Waals surface area (Å²) < 4.78 is 35.5. The highest BCUT2D eigenvalue weighted by Crippen LogP contribution is 2.25. The summed E-state index contributed by atoms with van der Waals surface area (Å²) in [7, 11) is -3.68. The smallest absolute Gasteiger partial charge is 0.261 e. The van der Waals surface area contributed by atoms with Crippen molar-refractivity contribution in [1.29, 1.82) is 0 Å². The number of aryl methyl sites for hydroxylation is 3. The van der Waals surface area contributed by atoms with Crippen molar-refractivity contribution in [2.24, 2.45) is 0 Å². The Morgan fingerprint density at radius 1 is 0.935 bits per heavy atom. The Kier molecular flexibility index (Phi) is 5.43. The molecule has 0 unspecified atom stereocenters. The van der Waals surface area contributed by atoms with Crippen molar-refractivity contribution in [3.63, 3.8) is 0 Å². The summed E-state index contributed by atoms with van der Waals surface area (Å²) in [5.41, 5.74) is 2.39. The number of benzene rings is 2. The minimum absolute atomic E-state index is 0.222. The summed E-state index contributed by atoms with van der Waals surface area (Å²) in [5.74, 6) is 2.08. The number of aromatic nitrogens is 4. The number of sulfonamides is 1. The van der Waals surface area contributed by atoms with Crippen LogP contribution >= 0.6 is 0 Å². The Bertz CT molecular complexity index is 1320. The van der Waals surface area contributed by atoms with Gasteiger partial charge in [-0.2, -0.15) is 4.98 Å². The van der Waals surface area contributed by atoms with E-state index in [1.165, 1.54) is 0 Å². The molecule has 0 fully saturated rings. The number of nitrogens with zero attached hydrogens (tertiary/aromatic N) is 4. The molecule has 2 heterocycles. The molecule has 0 saturated carbocycles. The van der Waals surface area contributed by atoms with Gasteiger partial charge < -0.3 is 4.74 Å². The van der Waals surface area contributed by atoms with Gasteiger partial charge in [-0.1, -0.05) is 6.07 Å². The molecule has 0 spiro atoms. The first-order valence-electron chi connectivity index (χ1n) is 9.52. The molecule has 0 aliphatic heterocycles. The lowest BCUT2D eigenvalue weighted by atomic mass is 10.1. The summed E-state index contributed by atoms with van der Waals surface area (Å²) in [5, 5.41) is 0. The highest BCUT2D eigenvalue weighted by molar-refractivity contribution is 7.92. The van der Waals surface area contributed by atoms with Crippen LogP contribution in [0.5, 0.6) is 11.6 Å². The molecule has 0 saturated heterocycles. The maximum absolute atomic E-state index is 12.7. The van der Waals surface area contributed by atoms with Crippen molar-refractivity contribution in [3.8, 4) is 17.4 Å². The maximum Gasteiger partial charge on any atom is 0.261 e. The summed E-state index contributed by atoms with van der Waals surface area (Å²) >= 11 is 0. The Morgan fingerprint density at radius 3 is 2.39 bits per heavy atom. The van der Waals surface area contributed by atoms with E-state index in [9.17, 15) is 8.42 Å². The molecule has 9 heteroatoms. The second-order valence-corrected chi connectivity index (χ2v) is 8.74. The first-order chi connectivity index (χ1) is 14.8. The second-order valence-electron chi connectivity index (χ2n) is 7.06. The van der Waals surface area contributed by atoms with Gasteiger partial charge in [0.15, 0.2) is 0 Å². The number of imidazole rings is 1. The maximum atomic E-state index is 12.7. The minimum Gasteiger partial charge on any atom is -0.439 e. The van der Waals surface area contributed by atoms with Crippen molar-refractivity contribution in [2.75, 3.05) is 4.72 Å². The van der Waals surface area contributed by atoms with E-state index in [1.54, 1.807) is 78.7 Å². The monoisotopic (exact) mass is 435 g/mol.